The predicted octanol–water partition coefficient (Wildman–Crippen LogP) is 6.38. The maximum Gasteiger partial charge on any atom is 0.407 e. The summed E-state index contributed by atoms with van der Waals surface area (Å²) in [5, 5.41) is 5.43. The molecule has 4 atom stereocenters. The van der Waals surface area contributed by atoms with Crippen LogP contribution >= 0.6 is 0 Å². The molecular formula is C43H53N7O7. The van der Waals surface area contributed by atoms with E-state index in [9.17, 15) is 19.2 Å². The summed E-state index contributed by atoms with van der Waals surface area (Å²) in [5.74, 6) is 0.264. The van der Waals surface area contributed by atoms with Crippen molar-refractivity contribution in [1.82, 2.24) is 30.4 Å². The van der Waals surface area contributed by atoms with Crippen LogP contribution in [0, 0.1) is 11.8 Å². The average Bonchev–Trinajstić information content (AvgIpc) is 4.04. The molecule has 4 aliphatic rings. The number of hydrogen-bond acceptors (Lipinski definition) is 9. The molecule has 0 spiro atoms. The highest BCUT2D eigenvalue weighted by Gasteiger charge is 2.39. The molecule has 0 aliphatic carbocycles. The van der Waals surface area contributed by atoms with E-state index < -0.39 is 24.3 Å². The molecule has 0 unspecified atom stereocenters. The lowest BCUT2D eigenvalue weighted by molar-refractivity contribution is -0.135. The highest BCUT2D eigenvalue weighted by Crippen LogP contribution is 2.38. The zero-order valence-electron chi connectivity index (χ0n) is 33.6. The number of ether oxygens (including phenoxy) is 3. The summed E-state index contributed by atoms with van der Waals surface area (Å²) in [6.07, 6.45) is 6.47. The van der Waals surface area contributed by atoms with Crippen LogP contribution in [0.3, 0.4) is 0 Å². The lowest BCUT2D eigenvalue weighted by Crippen LogP contribution is -2.53. The topological polar surface area (TPSA) is 168 Å². The molecule has 7 rings (SSSR count). The third-order valence-corrected chi connectivity index (χ3v) is 11.6. The monoisotopic (exact) mass is 779 g/mol. The van der Waals surface area contributed by atoms with Crippen molar-refractivity contribution >= 4 is 35.3 Å². The van der Waals surface area contributed by atoms with Gasteiger partial charge in [-0.15, -0.1) is 0 Å². The molecular weight excluding hydrogens is 727 g/mol. The van der Waals surface area contributed by atoms with Gasteiger partial charge in [0, 0.05) is 31.4 Å². The third kappa shape index (κ3) is 8.18. The van der Waals surface area contributed by atoms with Crippen LogP contribution in [0.1, 0.15) is 88.4 Å². The van der Waals surface area contributed by atoms with Crippen molar-refractivity contribution in [2.75, 3.05) is 27.3 Å². The number of likely N-dealkylation sites (tertiary alicyclic amines) is 2. The number of rotatable bonds is 10. The van der Waals surface area contributed by atoms with E-state index >= 15 is 0 Å². The Kier molecular flexibility index (Phi) is 11.8. The summed E-state index contributed by atoms with van der Waals surface area (Å²) >= 11 is 0. The van der Waals surface area contributed by atoms with Crippen molar-refractivity contribution in [2.24, 2.45) is 16.8 Å². The minimum atomic E-state index is -0.696. The number of fused-ring (bicyclic) bond motifs is 3. The number of aromatic nitrogens is 2. The van der Waals surface area contributed by atoms with Gasteiger partial charge in [0.2, 0.25) is 11.8 Å². The van der Waals surface area contributed by atoms with Crippen LogP contribution < -0.4 is 10.6 Å². The van der Waals surface area contributed by atoms with Gasteiger partial charge in [0.25, 0.3) is 0 Å². The minimum absolute atomic E-state index is 0.0941. The van der Waals surface area contributed by atoms with Gasteiger partial charge in [0.05, 0.1) is 51.4 Å². The number of carbonyl (C=O) groups is 4. The second-order valence-electron chi connectivity index (χ2n) is 16.0. The second kappa shape index (κ2) is 16.9. The fourth-order valence-electron chi connectivity index (χ4n) is 8.52. The number of aliphatic imine (C=N–C) groups is 1. The molecule has 0 bridgehead atoms. The molecule has 0 radical (unpaired) electrons. The predicted molar refractivity (Wildman–Crippen MR) is 215 cm³/mol. The summed E-state index contributed by atoms with van der Waals surface area (Å²) in [4.78, 5) is 68.0. The first kappa shape index (κ1) is 39.7. The molecule has 3 N–H and O–H groups in total. The highest BCUT2D eigenvalue weighted by molar-refractivity contribution is 6.04. The number of allylic oxidation sites excluding steroid dienone is 1. The van der Waals surface area contributed by atoms with Gasteiger partial charge in [0.1, 0.15) is 17.9 Å². The van der Waals surface area contributed by atoms with Gasteiger partial charge < -0.3 is 39.6 Å². The molecule has 5 heterocycles. The summed E-state index contributed by atoms with van der Waals surface area (Å²) in [6.45, 7) is 9.76. The molecule has 2 saturated heterocycles. The fourth-order valence-corrected chi connectivity index (χ4v) is 8.52. The molecule has 302 valence electrons. The number of alkyl carbamates (subject to hydrolysis) is 2. The van der Waals surface area contributed by atoms with E-state index in [1.165, 1.54) is 14.2 Å². The van der Waals surface area contributed by atoms with Crippen molar-refractivity contribution < 1.29 is 33.4 Å². The van der Waals surface area contributed by atoms with Crippen LogP contribution in [0.2, 0.25) is 0 Å². The number of methoxy groups -OCH3 is 2. The molecule has 4 aliphatic heterocycles. The van der Waals surface area contributed by atoms with Gasteiger partial charge in [-0.2, -0.15) is 0 Å². The molecule has 14 heteroatoms. The number of hydrogen-bond donors (Lipinski definition) is 3. The second-order valence-corrected chi connectivity index (χ2v) is 16.0. The molecule has 1 aromatic heterocycles. The maximum atomic E-state index is 13.7. The Bertz CT molecular complexity index is 2090. The van der Waals surface area contributed by atoms with Gasteiger partial charge in [-0.1, -0.05) is 52.0 Å². The molecule has 0 saturated carbocycles. The number of nitrogens with one attached hydrogen (secondary N) is 3. The lowest BCUT2D eigenvalue weighted by Gasteiger charge is -2.31. The van der Waals surface area contributed by atoms with E-state index in [2.05, 4.69) is 52.0 Å². The van der Waals surface area contributed by atoms with Gasteiger partial charge in [-0.3, -0.25) is 14.6 Å². The zero-order chi connectivity index (χ0) is 40.4. The first-order valence-corrected chi connectivity index (χ1v) is 19.9. The summed E-state index contributed by atoms with van der Waals surface area (Å²) in [7, 11) is 2.59. The number of H-pyrrole nitrogens is 1. The van der Waals surface area contributed by atoms with E-state index in [0.717, 1.165) is 81.9 Å². The van der Waals surface area contributed by atoms with Gasteiger partial charge in [-0.05, 0) is 88.6 Å². The number of benzene rings is 2. The third-order valence-electron chi connectivity index (χ3n) is 11.6. The Morgan fingerprint density at radius 1 is 0.789 bits per heavy atom. The van der Waals surface area contributed by atoms with E-state index in [-0.39, 0.29) is 35.7 Å². The van der Waals surface area contributed by atoms with Crippen LogP contribution in [-0.2, 0) is 37.0 Å². The lowest BCUT2D eigenvalue weighted by atomic mass is 9.91. The van der Waals surface area contributed by atoms with E-state index in [4.69, 9.17) is 24.2 Å². The Morgan fingerprint density at radius 2 is 1.33 bits per heavy atom. The largest absolute Gasteiger partial charge is 0.453 e. The SMILES string of the molecule is COC(=O)N[C@H](C(=O)N1CCC[C@H]1C1=NC=C(c2ccc3c(c2)COCc2cc(-c4cnc([C@@H]5CCCN5C(=O)[C@@H](NC(=O)OC)C(C)C)[nH]4)ccc2-3)C1)C(C)C. The smallest absolute Gasteiger partial charge is 0.407 e. The Morgan fingerprint density at radius 3 is 1.91 bits per heavy atom. The number of aromatic amines is 1. The molecule has 2 fully saturated rings. The molecule has 3 aromatic rings. The maximum absolute atomic E-state index is 13.7. The van der Waals surface area contributed by atoms with Crippen LogP contribution in [0.15, 0.2) is 53.8 Å². The molecule has 2 aromatic carbocycles. The average molecular weight is 780 g/mol. The van der Waals surface area contributed by atoms with Crippen LogP contribution in [0.25, 0.3) is 28.0 Å². The minimum Gasteiger partial charge on any atom is -0.453 e. The van der Waals surface area contributed by atoms with Crippen molar-refractivity contribution in [3.8, 4) is 22.4 Å². The molecule has 14 nitrogen and oxygen atoms in total. The van der Waals surface area contributed by atoms with E-state index in [1.54, 1.807) is 0 Å². The van der Waals surface area contributed by atoms with Gasteiger partial charge in [0.15, 0.2) is 0 Å². The Labute approximate surface area is 333 Å². The van der Waals surface area contributed by atoms with Crippen molar-refractivity contribution in [1.29, 1.82) is 0 Å². The fraction of sp³-hybridized carbons (Fsp3) is 0.488. The Hall–Kier alpha value is -5.50. The standard InChI is InChI=1S/C43H53N7O7/c1-24(2)37(47-42(53)55-5)40(51)49-15-7-9-35(49)33-19-28(20-44-33)26-11-13-31-29(17-26)22-57-23-30-18-27(12-14-32(30)31)34-21-45-39(46-34)36-10-8-16-50(36)41(52)38(25(3)4)48-43(54)56-6/h11-14,17-18,20-21,24-25,35-38H,7-10,15-16,19,22-23H2,1-6H3,(H,45,46)(H,47,53)(H,48,54)/t35-,36-,37-,38-/m0/s1. The van der Waals surface area contributed by atoms with E-state index in [0.29, 0.717) is 32.7 Å². The highest BCUT2D eigenvalue weighted by atomic mass is 16.5. The Balaban J connectivity index is 1.04. The van der Waals surface area contributed by atoms with Gasteiger partial charge in [-0.25, -0.2) is 14.6 Å². The van der Waals surface area contributed by atoms with Crippen molar-refractivity contribution in [3.05, 3.63) is 71.3 Å². The molecule has 57 heavy (non-hydrogen) atoms. The number of nitrogens with zero attached hydrogens (tertiary/aromatic N) is 4. The zero-order valence-corrected chi connectivity index (χ0v) is 33.6. The summed E-state index contributed by atoms with van der Waals surface area (Å²) < 4.78 is 15.8. The number of amides is 4. The first-order chi connectivity index (χ1) is 27.5. The normalized spacial score (nSPS) is 20.0. The number of imidazole rings is 1. The van der Waals surface area contributed by atoms with Crippen LogP contribution in [0.4, 0.5) is 9.59 Å². The van der Waals surface area contributed by atoms with Crippen molar-refractivity contribution in [3.63, 3.8) is 0 Å². The summed E-state index contributed by atoms with van der Waals surface area (Å²) in [6, 6.07) is 11.1. The quantitative estimate of drug-likeness (QED) is 0.213. The van der Waals surface area contributed by atoms with Crippen LogP contribution in [0.5, 0.6) is 0 Å². The first-order valence-electron chi connectivity index (χ1n) is 19.9. The molecule has 4 amide bonds. The van der Waals surface area contributed by atoms with Crippen LogP contribution in [-0.4, -0.2) is 94.9 Å². The van der Waals surface area contributed by atoms with Gasteiger partial charge >= 0.3 is 12.2 Å². The summed E-state index contributed by atoms with van der Waals surface area (Å²) in [5.41, 5.74) is 9.35. The number of carbonyl (C=O) groups excluding carboxylic acids is 4. The van der Waals surface area contributed by atoms with E-state index in [1.807, 2.05) is 49.9 Å². The van der Waals surface area contributed by atoms with Crippen molar-refractivity contribution in [2.45, 2.75) is 97.2 Å².